The van der Waals surface area contributed by atoms with E-state index in [1.54, 1.807) is 6.33 Å². The van der Waals surface area contributed by atoms with Crippen LogP contribution in [0, 0.1) is 11.3 Å². The molecule has 4 rings (SSSR count). The number of carbonyl (C=O) groups is 1. The fourth-order valence-corrected chi connectivity index (χ4v) is 3.27. The number of pyridine rings is 1. The smallest absolute Gasteiger partial charge is 0.234 e. The fourth-order valence-electron chi connectivity index (χ4n) is 3.27. The van der Waals surface area contributed by atoms with Crippen molar-refractivity contribution < 1.29 is 4.79 Å². The summed E-state index contributed by atoms with van der Waals surface area (Å²) in [4.78, 5) is 23.9. The third kappa shape index (κ3) is 3.03. The van der Waals surface area contributed by atoms with Gasteiger partial charge in [-0.1, -0.05) is 24.3 Å². The molecule has 8 heteroatoms. The Morgan fingerprint density at radius 1 is 1.32 bits per heavy atom. The number of benzene rings is 1. The largest absolute Gasteiger partial charge is 0.371 e. The number of nitrogens with zero attached hydrogens (tertiary/aromatic N) is 4. The molecule has 4 aromatic rings. The van der Waals surface area contributed by atoms with Crippen molar-refractivity contribution >= 4 is 33.8 Å². The number of hydrogen-bond acceptors (Lipinski definition) is 5. The Kier molecular flexibility index (Phi) is 4.41. The molecule has 0 aliphatic carbocycles. The van der Waals surface area contributed by atoms with E-state index in [1.807, 2.05) is 49.0 Å². The van der Waals surface area contributed by atoms with E-state index in [2.05, 4.69) is 31.7 Å². The van der Waals surface area contributed by atoms with Crippen LogP contribution in [0.2, 0.25) is 0 Å². The van der Waals surface area contributed by atoms with Crippen molar-refractivity contribution in [2.24, 2.45) is 7.05 Å². The lowest BCUT2D eigenvalue weighted by Crippen LogP contribution is -2.21. The summed E-state index contributed by atoms with van der Waals surface area (Å²) in [5.74, 6) is 0.466. The standard InChI is InChI=1S/C20H19N7O/c1-22-20-17-18(27(2)11-24-17)14-9-15(25-19(14)26-20)13-5-3-12(4-6-13)10-23-16(28)7-8-21/h3-6,9,11H,7,10H2,1-2H3,(H,23,28)(H2,22,25,26). The molecule has 0 aliphatic rings. The number of fused-ring (bicyclic) bond motifs is 3. The lowest BCUT2D eigenvalue weighted by Gasteiger charge is -2.04. The van der Waals surface area contributed by atoms with Crippen LogP contribution < -0.4 is 10.6 Å². The summed E-state index contributed by atoms with van der Waals surface area (Å²) in [5.41, 5.74) is 5.60. The molecule has 3 heterocycles. The van der Waals surface area contributed by atoms with E-state index >= 15 is 0 Å². The van der Waals surface area contributed by atoms with E-state index in [-0.39, 0.29) is 12.3 Å². The molecule has 3 aromatic heterocycles. The zero-order chi connectivity index (χ0) is 19.7. The van der Waals surface area contributed by atoms with Gasteiger partial charge >= 0.3 is 0 Å². The fraction of sp³-hybridized carbons (Fsp3) is 0.200. The van der Waals surface area contributed by atoms with Crippen molar-refractivity contribution in [3.63, 3.8) is 0 Å². The molecule has 1 aromatic carbocycles. The molecule has 28 heavy (non-hydrogen) atoms. The first-order valence-corrected chi connectivity index (χ1v) is 8.85. The van der Waals surface area contributed by atoms with E-state index in [1.165, 1.54) is 0 Å². The van der Waals surface area contributed by atoms with Crippen LogP contribution in [0.3, 0.4) is 0 Å². The Balaban J connectivity index is 1.66. The van der Waals surface area contributed by atoms with Crippen LogP contribution in [-0.2, 0) is 18.4 Å². The summed E-state index contributed by atoms with van der Waals surface area (Å²) in [6.45, 7) is 0.399. The van der Waals surface area contributed by atoms with Gasteiger partial charge < -0.3 is 20.2 Å². The highest BCUT2D eigenvalue weighted by Gasteiger charge is 2.15. The van der Waals surface area contributed by atoms with Crippen LogP contribution in [-0.4, -0.2) is 32.5 Å². The Morgan fingerprint density at radius 2 is 2.11 bits per heavy atom. The third-order valence-electron chi connectivity index (χ3n) is 4.67. The van der Waals surface area contributed by atoms with Crippen molar-refractivity contribution in [3.05, 3.63) is 42.2 Å². The van der Waals surface area contributed by atoms with E-state index in [4.69, 9.17) is 5.26 Å². The quantitative estimate of drug-likeness (QED) is 0.498. The van der Waals surface area contributed by atoms with Crippen molar-refractivity contribution in [1.29, 1.82) is 5.26 Å². The maximum Gasteiger partial charge on any atom is 0.234 e. The lowest BCUT2D eigenvalue weighted by atomic mass is 10.1. The molecule has 0 saturated heterocycles. The van der Waals surface area contributed by atoms with Gasteiger partial charge in [0.05, 0.1) is 17.9 Å². The van der Waals surface area contributed by atoms with Gasteiger partial charge in [-0.25, -0.2) is 9.97 Å². The van der Waals surface area contributed by atoms with Crippen molar-refractivity contribution in [2.75, 3.05) is 12.4 Å². The van der Waals surface area contributed by atoms with Gasteiger partial charge in [0.15, 0.2) is 5.82 Å². The number of rotatable bonds is 5. The summed E-state index contributed by atoms with van der Waals surface area (Å²) < 4.78 is 1.99. The summed E-state index contributed by atoms with van der Waals surface area (Å²) in [5, 5.41) is 15.4. The molecule has 0 atom stereocenters. The molecular weight excluding hydrogens is 354 g/mol. The molecule has 0 bridgehead atoms. The van der Waals surface area contributed by atoms with Gasteiger partial charge in [-0.05, 0) is 17.2 Å². The summed E-state index contributed by atoms with van der Waals surface area (Å²) in [6.07, 6.45) is 1.66. The number of H-pyrrole nitrogens is 1. The number of anilines is 1. The summed E-state index contributed by atoms with van der Waals surface area (Å²) in [6, 6.07) is 11.8. The predicted octanol–water partition coefficient (Wildman–Crippen LogP) is 2.69. The molecular formula is C20H19N7O. The monoisotopic (exact) mass is 373 g/mol. The molecule has 0 saturated carbocycles. The molecule has 140 valence electrons. The van der Waals surface area contributed by atoms with Gasteiger partial charge in [0.2, 0.25) is 5.91 Å². The van der Waals surface area contributed by atoms with Crippen LogP contribution in [0.15, 0.2) is 36.7 Å². The lowest BCUT2D eigenvalue weighted by molar-refractivity contribution is -0.120. The van der Waals surface area contributed by atoms with E-state index in [0.717, 1.165) is 44.7 Å². The summed E-state index contributed by atoms with van der Waals surface area (Å²) >= 11 is 0. The SMILES string of the molecule is CNc1nc2[nH]c(-c3ccc(CNC(=O)CC#N)cc3)cc2c2c1ncn2C. The molecule has 8 nitrogen and oxygen atoms in total. The highest BCUT2D eigenvalue weighted by molar-refractivity contribution is 6.07. The number of carbonyl (C=O) groups excluding carboxylic acids is 1. The molecule has 0 unspecified atom stereocenters. The number of aromatic nitrogens is 4. The van der Waals surface area contributed by atoms with Crippen LogP contribution in [0.25, 0.3) is 33.3 Å². The van der Waals surface area contributed by atoms with Crippen molar-refractivity contribution in [2.45, 2.75) is 13.0 Å². The van der Waals surface area contributed by atoms with E-state index in [0.29, 0.717) is 6.54 Å². The maximum absolute atomic E-state index is 11.4. The first-order valence-electron chi connectivity index (χ1n) is 8.85. The number of hydrogen-bond donors (Lipinski definition) is 3. The number of nitriles is 1. The zero-order valence-corrected chi connectivity index (χ0v) is 15.6. The second-order valence-electron chi connectivity index (χ2n) is 6.52. The molecule has 0 radical (unpaired) electrons. The molecule has 0 aliphatic heterocycles. The predicted molar refractivity (Wildman–Crippen MR) is 107 cm³/mol. The Labute approximate surface area is 161 Å². The average Bonchev–Trinajstić information content (AvgIpc) is 3.30. The topological polar surface area (TPSA) is 111 Å². The number of imidazole rings is 1. The zero-order valence-electron chi connectivity index (χ0n) is 15.6. The van der Waals surface area contributed by atoms with Crippen LogP contribution in [0.5, 0.6) is 0 Å². The average molecular weight is 373 g/mol. The van der Waals surface area contributed by atoms with Gasteiger partial charge in [0.25, 0.3) is 0 Å². The van der Waals surface area contributed by atoms with Gasteiger partial charge in [0.1, 0.15) is 17.6 Å². The first kappa shape index (κ1) is 17.5. The molecule has 1 amide bonds. The number of nitrogens with one attached hydrogen (secondary N) is 3. The molecule has 3 N–H and O–H groups in total. The highest BCUT2D eigenvalue weighted by Crippen LogP contribution is 2.31. The minimum absolute atomic E-state index is 0.128. The van der Waals surface area contributed by atoms with Crippen LogP contribution in [0.1, 0.15) is 12.0 Å². The van der Waals surface area contributed by atoms with Gasteiger partial charge in [0, 0.05) is 31.7 Å². The van der Waals surface area contributed by atoms with E-state index < -0.39 is 0 Å². The number of amides is 1. The molecule has 0 spiro atoms. The Bertz CT molecular complexity index is 1210. The van der Waals surface area contributed by atoms with Gasteiger partial charge in [-0.2, -0.15) is 5.26 Å². The van der Waals surface area contributed by atoms with Gasteiger partial charge in [-0.15, -0.1) is 0 Å². The summed E-state index contributed by atoms with van der Waals surface area (Å²) in [7, 11) is 3.80. The minimum atomic E-state index is -0.270. The van der Waals surface area contributed by atoms with Crippen molar-refractivity contribution in [1.82, 2.24) is 24.8 Å². The Morgan fingerprint density at radius 3 is 2.82 bits per heavy atom. The highest BCUT2D eigenvalue weighted by atomic mass is 16.1. The first-order chi connectivity index (χ1) is 13.6. The van der Waals surface area contributed by atoms with Crippen LogP contribution >= 0.6 is 0 Å². The van der Waals surface area contributed by atoms with Crippen molar-refractivity contribution in [3.8, 4) is 17.3 Å². The second-order valence-corrected chi connectivity index (χ2v) is 6.52. The van der Waals surface area contributed by atoms with Gasteiger partial charge in [-0.3, -0.25) is 4.79 Å². The normalized spacial score (nSPS) is 10.9. The minimum Gasteiger partial charge on any atom is -0.371 e. The number of aromatic amines is 1. The number of aryl methyl sites for hydroxylation is 1. The third-order valence-corrected chi connectivity index (χ3v) is 4.67. The van der Waals surface area contributed by atoms with Crippen LogP contribution in [0.4, 0.5) is 5.82 Å². The Hall–Kier alpha value is -3.86. The maximum atomic E-state index is 11.4. The second kappa shape index (κ2) is 7.04. The van der Waals surface area contributed by atoms with E-state index in [9.17, 15) is 4.79 Å². The molecule has 0 fully saturated rings.